The number of rotatable bonds is 11. The Balaban J connectivity index is 2.11. The van der Waals surface area contributed by atoms with Crippen LogP contribution in [0.2, 0.25) is 0 Å². The number of ether oxygens (including phenoxy) is 5. The lowest BCUT2D eigenvalue weighted by molar-refractivity contribution is 0.0588. The number of aliphatic hydroxyl groups is 1. The number of hydrogen-bond acceptors (Lipinski definition) is 10. The molecule has 11 heteroatoms. The van der Waals surface area contributed by atoms with Crippen LogP contribution < -0.4 is 24.5 Å². The molecule has 0 amide bonds. The van der Waals surface area contributed by atoms with Gasteiger partial charge >= 0.3 is 5.97 Å². The number of methoxy groups -OCH3 is 4. The lowest BCUT2D eigenvalue weighted by Gasteiger charge is -2.20. The third-order valence-corrected chi connectivity index (χ3v) is 6.28. The van der Waals surface area contributed by atoms with Crippen LogP contribution in [-0.4, -0.2) is 67.3 Å². The SMILES string of the molecule is COC(=O)c1c(-c2cc(OC)c(OC)c(OC)c2)c2ccc(OCCCO)nc2c(=O)n1Cc1ccnc(C)c1. The van der Waals surface area contributed by atoms with Crippen molar-refractivity contribution in [3.63, 3.8) is 0 Å². The first-order chi connectivity index (χ1) is 19.4. The topological polar surface area (TPSA) is 131 Å². The third kappa shape index (κ3) is 5.55. The predicted octanol–water partition coefficient (Wildman–Crippen LogP) is 3.39. The molecule has 3 heterocycles. The highest BCUT2D eigenvalue weighted by atomic mass is 16.5. The Kier molecular flexibility index (Phi) is 8.85. The maximum absolute atomic E-state index is 14.0. The second kappa shape index (κ2) is 12.5. The molecule has 1 N–H and O–H groups in total. The van der Waals surface area contributed by atoms with Crippen LogP contribution >= 0.6 is 0 Å². The highest BCUT2D eigenvalue weighted by molar-refractivity contribution is 6.06. The molecule has 210 valence electrons. The van der Waals surface area contributed by atoms with Crippen LogP contribution in [0.25, 0.3) is 22.0 Å². The minimum Gasteiger partial charge on any atom is -0.493 e. The van der Waals surface area contributed by atoms with E-state index in [1.807, 2.05) is 13.0 Å². The number of carbonyl (C=O) groups excluding carboxylic acids is 1. The standard InChI is InChI=1S/C29H31N3O8/c1-17-13-18(9-10-30-17)16-32-26(29(35)39-5)24(19-14-21(36-2)27(38-4)22(15-19)37-3)20-7-8-23(40-12-6-11-33)31-25(20)28(32)34/h7-10,13-15,33H,6,11-12,16H2,1-5H3. The van der Waals surface area contributed by atoms with E-state index in [1.54, 1.807) is 36.5 Å². The highest BCUT2D eigenvalue weighted by Crippen LogP contribution is 2.43. The molecule has 0 aliphatic rings. The van der Waals surface area contributed by atoms with Crippen molar-refractivity contribution in [1.29, 1.82) is 0 Å². The molecule has 40 heavy (non-hydrogen) atoms. The fraction of sp³-hybridized carbons (Fsp3) is 0.310. The zero-order valence-electron chi connectivity index (χ0n) is 23.0. The fourth-order valence-electron chi connectivity index (χ4n) is 4.48. The number of fused-ring (bicyclic) bond motifs is 1. The van der Waals surface area contributed by atoms with Gasteiger partial charge in [-0.1, -0.05) is 0 Å². The van der Waals surface area contributed by atoms with Crippen molar-refractivity contribution in [2.24, 2.45) is 0 Å². The summed E-state index contributed by atoms with van der Waals surface area (Å²) in [4.78, 5) is 36.1. The molecule has 0 radical (unpaired) electrons. The van der Waals surface area contributed by atoms with Gasteiger partial charge in [-0.15, -0.1) is 0 Å². The van der Waals surface area contributed by atoms with Crippen molar-refractivity contribution in [1.82, 2.24) is 14.5 Å². The van der Waals surface area contributed by atoms with Gasteiger partial charge in [-0.05, 0) is 48.4 Å². The summed E-state index contributed by atoms with van der Waals surface area (Å²) >= 11 is 0. The first kappa shape index (κ1) is 28.4. The molecule has 0 aliphatic heterocycles. The molecule has 0 bridgehead atoms. The molecule has 4 aromatic rings. The first-order valence-corrected chi connectivity index (χ1v) is 12.5. The highest BCUT2D eigenvalue weighted by Gasteiger charge is 2.27. The van der Waals surface area contributed by atoms with Crippen molar-refractivity contribution < 1.29 is 33.6 Å². The van der Waals surface area contributed by atoms with Crippen molar-refractivity contribution >= 4 is 16.9 Å². The van der Waals surface area contributed by atoms with Gasteiger partial charge in [0.05, 0.1) is 41.6 Å². The van der Waals surface area contributed by atoms with Gasteiger partial charge in [0.15, 0.2) is 11.5 Å². The Hall–Kier alpha value is -4.64. The zero-order valence-corrected chi connectivity index (χ0v) is 23.0. The van der Waals surface area contributed by atoms with Crippen LogP contribution in [0.5, 0.6) is 23.1 Å². The molecule has 0 saturated heterocycles. The fourth-order valence-corrected chi connectivity index (χ4v) is 4.48. The first-order valence-electron chi connectivity index (χ1n) is 12.5. The summed E-state index contributed by atoms with van der Waals surface area (Å²) in [5.41, 5.74) is 2.02. The number of pyridine rings is 3. The van der Waals surface area contributed by atoms with Crippen LogP contribution in [0.4, 0.5) is 0 Å². The summed E-state index contributed by atoms with van der Waals surface area (Å²) in [5, 5.41) is 9.52. The number of carbonyl (C=O) groups is 1. The van der Waals surface area contributed by atoms with Crippen LogP contribution in [0.3, 0.4) is 0 Å². The summed E-state index contributed by atoms with van der Waals surface area (Å²) in [5.74, 6) is 0.597. The third-order valence-electron chi connectivity index (χ3n) is 6.28. The summed E-state index contributed by atoms with van der Waals surface area (Å²) in [6.07, 6.45) is 2.04. The second-order valence-corrected chi connectivity index (χ2v) is 8.80. The van der Waals surface area contributed by atoms with Gasteiger partial charge in [-0.2, -0.15) is 0 Å². The molecular weight excluding hydrogens is 518 g/mol. The van der Waals surface area contributed by atoms with E-state index in [0.29, 0.717) is 40.2 Å². The number of aliphatic hydroxyl groups excluding tert-OH is 1. The Morgan fingerprint density at radius 1 is 1.00 bits per heavy atom. The molecule has 4 rings (SSSR count). The summed E-state index contributed by atoms with van der Waals surface area (Å²) < 4.78 is 28.8. The molecule has 0 unspecified atom stereocenters. The Morgan fingerprint density at radius 2 is 1.73 bits per heavy atom. The van der Waals surface area contributed by atoms with Gasteiger partial charge in [-0.25, -0.2) is 9.78 Å². The average Bonchev–Trinajstić information content (AvgIpc) is 2.97. The van der Waals surface area contributed by atoms with Gasteiger partial charge in [-0.3, -0.25) is 14.3 Å². The average molecular weight is 550 g/mol. The maximum atomic E-state index is 14.0. The van der Waals surface area contributed by atoms with E-state index in [1.165, 1.54) is 33.0 Å². The van der Waals surface area contributed by atoms with E-state index in [9.17, 15) is 9.59 Å². The maximum Gasteiger partial charge on any atom is 0.355 e. The van der Waals surface area contributed by atoms with Gasteiger partial charge in [0.1, 0.15) is 11.2 Å². The number of esters is 1. The van der Waals surface area contributed by atoms with Gasteiger partial charge < -0.3 is 28.8 Å². The van der Waals surface area contributed by atoms with Crippen LogP contribution in [0.1, 0.15) is 28.2 Å². The van der Waals surface area contributed by atoms with Crippen molar-refractivity contribution in [2.45, 2.75) is 19.9 Å². The molecule has 0 saturated carbocycles. The molecule has 1 aromatic carbocycles. The summed E-state index contributed by atoms with van der Waals surface area (Å²) in [7, 11) is 5.73. The molecule has 0 atom stereocenters. The Labute approximate surface area is 230 Å². The van der Waals surface area contributed by atoms with Gasteiger partial charge in [0.2, 0.25) is 11.6 Å². The summed E-state index contributed by atoms with van der Waals surface area (Å²) in [6, 6.07) is 10.3. The van der Waals surface area contributed by atoms with E-state index in [0.717, 1.165) is 11.3 Å². The normalized spacial score (nSPS) is 10.8. The van der Waals surface area contributed by atoms with E-state index in [4.69, 9.17) is 28.8 Å². The molecular formula is C29H31N3O8. The lowest BCUT2D eigenvalue weighted by Crippen LogP contribution is -2.29. The number of nitrogens with zero attached hydrogens (tertiary/aromatic N) is 3. The number of aromatic nitrogens is 3. The van der Waals surface area contributed by atoms with Gasteiger partial charge in [0, 0.05) is 41.9 Å². The van der Waals surface area contributed by atoms with E-state index < -0.39 is 11.5 Å². The molecule has 0 aliphatic carbocycles. The molecule has 0 fully saturated rings. The van der Waals surface area contributed by atoms with Crippen molar-refractivity contribution in [3.05, 3.63) is 69.9 Å². The van der Waals surface area contributed by atoms with Crippen LogP contribution in [0, 0.1) is 6.92 Å². The molecule has 11 nitrogen and oxygen atoms in total. The van der Waals surface area contributed by atoms with E-state index >= 15 is 0 Å². The minimum absolute atomic E-state index is 0.0273. The van der Waals surface area contributed by atoms with Gasteiger partial charge in [0.25, 0.3) is 5.56 Å². The van der Waals surface area contributed by atoms with Crippen molar-refractivity contribution in [3.8, 4) is 34.3 Å². The van der Waals surface area contributed by atoms with E-state index in [2.05, 4.69) is 9.97 Å². The number of benzene rings is 1. The lowest BCUT2D eigenvalue weighted by atomic mass is 9.97. The molecule has 3 aromatic heterocycles. The zero-order chi connectivity index (χ0) is 28.8. The monoisotopic (exact) mass is 549 g/mol. The second-order valence-electron chi connectivity index (χ2n) is 8.80. The quantitative estimate of drug-likeness (QED) is 0.219. The van der Waals surface area contributed by atoms with E-state index in [-0.39, 0.29) is 36.8 Å². The summed E-state index contributed by atoms with van der Waals surface area (Å²) in [6.45, 7) is 2.07. The number of hydrogen-bond donors (Lipinski definition) is 1. The Bertz CT molecular complexity index is 1570. The number of aryl methyl sites for hydroxylation is 1. The van der Waals surface area contributed by atoms with Crippen molar-refractivity contribution in [2.75, 3.05) is 41.7 Å². The minimum atomic E-state index is -0.711. The van der Waals surface area contributed by atoms with Crippen LogP contribution in [-0.2, 0) is 11.3 Å². The Morgan fingerprint density at radius 3 is 2.33 bits per heavy atom. The van der Waals surface area contributed by atoms with Crippen LogP contribution in [0.15, 0.2) is 47.4 Å². The molecule has 0 spiro atoms. The predicted molar refractivity (Wildman–Crippen MR) is 148 cm³/mol. The smallest absolute Gasteiger partial charge is 0.355 e. The largest absolute Gasteiger partial charge is 0.493 e.